The predicted molar refractivity (Wildman–Crippen MR) is 93.0 cm³/mol. The number of fused-ring (bicyclic) bond motifs is 1. The first-order chi connectivity index (χ1) is 11.3. The number of rotatable bonds is 2. The van der Waals surface area contributed by atoms with E-state index >= 15 is 0 Å². The van der Waals surface area contributed by atoms with Crippen LogP contribution in [-0.2, 0) is 6.54 Å². The lowest BCUT2D eigenvalue weighted by Gasteiger charge is -2.35. The highest BCUT2D eigenvalue weighted by molar-refractivity contribution is 6.10. The molecule has 1 aliphatic heterocycles. The van der Waals surface area contributed by atoms with E-state index in [0.717, 1.165) is 11.3 Å². The van der Waals surface area contributed by atoms with E-state index in [1.54, 1.807) is 23.0 Å². The first-order valence-electron chi connectivity index (χ1n) is 8.06. The molecule has 0 radical (unpaired) electrons. The minimum atomic E-state index is -0.348. The number of phenols is 1. The molecular weight excluding hydrogens is 304 g/mol. The van der Waals surface area contributed by atoms with Crippen LogP contribution in [0.5, 0.6) is 5.75 Å². The minimum absolute atomic E-state index is 0.0608. The smallest absolute Gasteiger partial charge is 0.275 e. The highest BCUT2D eigenvalue weighted by atomic mass is 16.3. The Morgan fingerprint density at radius 3 is 2.46 bits per heavy atom. The second-order valence-corrected chi connectivity index (χ2v) is 6.86. The van der Waals surface area contributed by atoms with Crippen LogP contribution in [0, 0.1) is 0 Å². The fourth-order valence-corrected chi connectivity index (χ4v) is 2.80. The maximum absolute atomic E-state index is 13.1. The molecule has 2 aromatic rings. The van der Waals surface area contributed by atoms with Crippen molar-refractivity contribution < 1.29 is 9.90 Å². The van der Waals surface area contributed by atoms with Crippen LogP contribution in [0.1, 0.15) is 43.7 Å². The number of nitrogens with zero attached hydrogens (tertiary/aromatic N) is 4. The average Bonchev–Trinajstić information content (AvgIpc) is 2.86. The molecule has 0 fully saturated rings. The minimum Gasteiger partial charge on any atom is -0.508 e. The summed E-state index contributed by atoms with van der Waals surface area (Å²) in [6.07, 6.45) is 1.64. The van der Waals surface area contributed by atoms with Crippen LogP contribution in [0.4, 0.5) is 5.69 Å². The number of carbonyl (C=O) groups excluding carboxylic acids is 1. The van der Waals surface area contributed by atoms with Gasteiger partial charge in [0, 0.05) is 12.1 Å². The normalized spacial score (nSPS) is 15.1. The van der Waals surface area contributed by atoms with E-state index < -0.39 is 0 Å². The monoisotopic (exact) mass is 326 g/mol. The lowest BCUT2D eigenvalue weighted by molar-refractivity contribution is 0.0618. The van der Waals surface area contributed by atoms with Crippen molar-refractivity contribution in [1.29, 1.82) is 0 Å². The molecule has 0 spiro atoms. The van der Waals surface area contributed by atoms with Gasteiger partial charge in [0.15, 0.2) is 5.69 Å². The molecule has 0 unspecified atom stereocenters. The van der Waals surface area contributed by atoms with Crippen molar-refractivity contribution in [2.45, 2.75) is 39.8 Å². The summed E-state index contributed by atoms with van der Waals surface area (Å²) in [5.74, 6) is 0.144. The third kappa shape index (κ3) is 2.79. The summed E-state index contributed by atoms with van der Waals surface area (Å²) in [5.41, 5.74) is 2.44. The van der Waals surface area contributed by atoms with E-state index in [-0.39, 0.29) is 17.2 Å². The molecule has 1 amide bonds. The number of carbonyl (C=O) groups is 1. The van der Waals surface area contributed by atoms with Crippen molar-refractivity contribution in [3.8, 4) is 5.75 Å². The zero-order valence-electron chi connectivity index (χ0n) is 14.4. The van der Waals surface area contributed by atoms with Gasteiger partial charge < -0.3 is 10.0 Å². The molecule has 1 aromatic heterocycles. The lowest BCUT2D eigenvalue weighted by Crippen LogP contribution is -2.48. The molecule has 2 heterocycles. The topological polar surface area (TPSA) is 70.7 Å². The van der Waals surface area contributed by atoms with E-state index in [2.05, 4.69) is 5.10 Å². The van der Waals surface area contributed by atoms with Crippen molar-refractivity contribution >= 4 is 17.3 Å². The Bertz CT molecular complexity index is 797. The van der Waals surface area contributed by atoms with Gasteiger partial charge in [-0.2, -0.15) is 5.10 Å². The van der Waals surface area contributed by atoms with Gasteiger partial charge >= 0.3 is 0 Å². The number of aryl methyl sites for hydroxylation is 1. The van der Waals surface area contributed by atoms with Crippen molar-refractivity contribution in [2.75, 3.05) is 6.54 Å². The van der Waals surface area contributed by atoms with Gasteiger partial charge in [-0.1, -0.05) is 0 Å². The van der Waals surface area contributed by atoms with Gasteiger partial charge in [-0.3, -0.25) is 9.48 Å². The SMILES string of the molecule is CCn1ncc2c1C(=O)N(C(C)(C)C)CC(c1ccc(O)cc1)=N2. The van der Waals surface area contributed by atoms with Crippen molar-refractivity contribution in [1.82, 2.24) is 14.7 Å². The average molecular weight is 326 g/mol. The first kappa shape index (κ1) is 16.2. The fourth-order valence-electron chi connectivity index (χ4n) is 2.80. The van der Waals surface area contributed by atoms with E-state index in [0.29, 0.717) is 24.5 Å². The molecule has 24 heavy (non-hydrogen) atoms. The van der Waals surface area contributed by atoms with Gasteiger partial charge in [0.05, 0.1) is 18.5 Å². The maximum Gasteiger partial charge on any atom is 0.275 e. The van der Waals surface area contributed by atoms with Crippen LogP contribution >= 0.6 is 0 Å². The number of aliphatic imine (C=N–C) groups is 1. The Morgan fingerprint density at radius 2 is 1.88 bits per heavy atom. The number of aromatic hydroxyl groups is 1. The molecule has 126 valence electrons. The molecule has 0 bridgehead atoms. The summed E-state index contributed by atoms with van der Waals surface area (Å²) in [6.45, 7) is 9.01. The Hall–Kier alpha value is -2.63. The molecule has 3 rings (SSSR count). The van der Waals surface area contributed by atoms with Crippen molar-refractivity contribution in [2.24, 2.45) is 4.99 Å². The molecule has 0 aliphatic carbocycles. The van der Waals surface area contributed by atoms with E-state index in [4.69, 9.17) is 4.99 Å². The zero-order valence-corrected chi connectivity index (χ0v) is 14.4. The van der Waals surface area contributed by atoms with Gasteiger partial charge in [-0.15, -0.1) is 0 Å². The Balaban J connectivity index is 2.16. The summed E-state index contributed by atoms with van der Waals surface area (Å²) in [4.78, 5) is 19.6. The molecule has 6 nitrogen and oxygen atoms in total. The van der Waals surface area contributed by atoms with E-state index in [1.807, 2.05) is 44.7 Å². The van der Waals surface area contributed by atoms with Gasteiger partial charge in [0.2, 0.25) is 0 Å². The molecule has 0 atom stereocenters. The van der Waals surface area contributed by atoms with Crippen LogP contribution < -0.4 is 0 Å². The molecule has 0 saturated heterocycles. The number of benzene rings is 1. The largest absolute Gasteiger partial charge is 0.508 e. The van der Waals surface area contributed by atoms with Gasteiger partial charge in [0.1, 0.15) is 11.4 Å². The third-order valence-electron chi connectivity index (χ3n) is 4.14. The van der Waals surface area contributed by atoms with Crippen LogP contribution in [0.15, 0.2) is 35.5 Å². The second-order valence-electron chi connectivity index (χ2n) is 6.86. The maximum atomic E-state index is 13.1. The summed E-state index contributed by atoms with van der Waals surface area (Å²) in [5, 5.41) is 13.8. The number of aromatic nitrogens is 2. The molecule has 1 N–H and O–H groups in total. The summed E-state index contributed by atoms with van der Waals surface area (Å²) in [7, 11) is 0. The summed E-state index contributed by atoms with van der Waals surface area (Å²) in [6, 6.07) is 6.88. The molecular formula is C18H22N4O2. The van der Waals surface area contributed by atoms with Crippen LogP contribution in [0.2, 0.25) is 0 Å². The Labute approximate surface area is 141 Å². The van der Waals surface area contributed by atoms with Crippen molar-refractivity contribution in [3.63, 3.8) is 0 Å². The van der Waals surface area contributed by atoms with E-state index in [9.17, 15) is 9.90 Å². The summed E-state index contributed by atoms with van der Waals surface area (Å²) >= 11 is 0. The number of hydrogen-bond donors (Lipinski definition) is 1. The van der Waals surface area contributed by atoms with Gasteiger partial charge in [-0.25, -0.2) is 4.99 Å². The highest BCUT2D eigenvalue weighted by Crippen LogP contribution is 2.29. The molecule has 1 aliphatic rings. The lowest BCUT2D eigenvalue weighted by atomic mass is 10.0. The first-order valence-corrected chi connectivity index (χ1v) is 8.06. The Morgan fingerprint density at radius 1 is 1.21 bits per heavy atom. The molecule has 0 saturated carbocycles. The zero-order chi connectivity index (χ0) is 17.5. The summed E-state index contributed by atoms with van der Waals surface area (Å²) < 4.78 is 1.69. The highest BCUT2D eigenvalue weighted by Gasteiger charge is 2.34. The quantitative estimate of drug-likeness (QED) is 0.922. The molecule has 6 heteroatoms. The van der Waals surface area contributed by atoms with Crippen LogP contribution in [0.25, 0.3) is 0 Å². The van der Waals surface area contributed by atoms with Gasteiger partial charge in [-0.05, 0) is 57.5 Å². The Kier molecular flexibility index (Phi) is 3.91. The second kappa shape index (κ2) is 5.78. The number of phenolic OH excluding ortho intramolecular Hbond substituents is 1. The van der Waals surface area contributed by atoms with Crippen LogP contribution in [-0.4, -0.2) is 43.5 Å². The van der Waals surface area contributed by atoms with Gasteiger partial charge in [0.25, 0.3) is 5.91 Å². The third-order valence-corrected chi connectivity index (χ3v) is 4.14. The fraction of sp³-hybridized carbons (Fsp3) is 0.389. The van der Waals surface area contributed by atoms with E-state index in [1.165, 1.54) is 0 Å². The number of amides is 1. The number of hydrogen-bond acceptors (Lipinski definition) is 4. The predicted octanol–water partition coefficient (Wildman–Crippen LogP) is 2.98. The van der Waals surface area contributed by atoms with Crippen LogP contribution in [0.3, 0.4) is 0 Å². The molecule has 1 aromatic carbocycles. The standard InChI is InChI=1S/C18H22N4O2/c1-5-22-16-14(10-19-22)20-15(12-6-8-13(23)9-7-12)11-21(17(16)24)18(2,3)4/h6-10,23H,5,11H2,1-4H3. The van der Waals surface area contributed by atoms with Crippen molar-refractivity contribution in [3.05, 3.63) is 41.7 Å².